The molecule has 0 aromatic heterocycles. The maximum Gasteiger partial charge on any atom is 0.232 e. The molecule has 24 heavy (non-hydrogen) atoms. The zero-order chi connectivity index (χ0) is 18.5. The van der Waals surface area contributed by atoms with E-state index in [4.69, 9.17) is 18.6 Å². The number of ether oxygens (including phenoxy) is 3. The van der Waals surface area contributed by atoms with Gasteiger partial charge < -0.3 is 23.7 Å². The Morgan fingerprint density at radius 2 is 1.92 bits per heavy atom. The van der Waals surface area contributed by atoms with E-state index in [1.54, 1.807) is 13.8 Å². The van der Waals surface area contributed by atoms with Crippen molar-refractivity contribution >= 4 is 8.32 Å². The van der Waals surface area contributed by atoms with E-state index >= 15 is 0 Å². The molecule has 2 saturated heterocycles. The Morgan fingerprint density at radius 3 is 2.42 bits per heavy atom. The van der Waals surface area contributed by atoms with Crippen LogP contribution in [0, 0.1) is 10.1 Å². The number of rotatable bonds is 5. The van der Waals surface area contributed by atoms with Gasteiger partial charge in [-0.05, 0) is 32.0 Å². The first-order valence-corrected chi connectivity index (χ1v) is 11.1. The lowest BCUT2D eigenvalue weighted by Crippen LogP contribution is -2.52. The van der Waals surface area contributed by atoms with Gasteiger partial charge >= 0.3 is 0 Å². The van der Waals surface area contributed by atoms with Crippen molar-refractivity contribution in [3.8, 4) is 0 Å². The first kappa shape index (κ1) is 19.7. The summed E-state index contributed by atoms with van der Waals surface area (Å²) in [5, 5.41) is 20.9. The van der Waals surface area contributed by atoms with Gasteiger partial charge in [-0.2, -0.15) is 0 Å². The molecule has 0 spiro atoms. The number of aliphatic hydroxyl groups excluding tert-OH is 1. The van der Waals surface area contributed by atoms with Crippen molar-refractivity contribution in [1.29, 1.82) is 0 Å². The highest BCUT2D eigenvalue weighted by Gasteiger charge is 2.59. The molecule has 2 fully saturated rings. The molecule has 0 amide bonds. The summed E-state index contributed by atoms with van der Waals surface area (Å²) in [6.07, 6.45) is -3.94. The summed E-state index contributed by atoms with van der Waals surface area (Å²) in [6.45, 7) is 13.4. The van der Waals surface area contributed by atoms with Crippen LogP contribution in [-0.2, 0) is 18.6 Å². The fourth-order valence-electron chi connectivity index (χ4n) is 2.72. The predicted octanol–water partition coefficient (Wildman–Crippen LogP) is 1.89. The minimum Gasteiger partial charge on any atom is -0.408 e. The lowest BCUT2D eigenvalue weighted by atomic mass is 10.1. The van der Waals surface area contributed by atoms with Gasteiger partial charge in [0, 0.05) is 4.92 Å². The van der Waals surface area contributed by atoms with Gasteiger partial charge in [0.15, 0.2) is 20.4 Å². The van der Waals surface area contributed by atoms with Crippen LogP contribution >= 0.6 is 0 Å². The Kier molecular flexibility index (Phi) is 5.18. The Labute approximate surface area is 143 Å². The van der Waals surface area contributed by atoms with Crippen molar-refractivity contribution in [3.63, 3.8) is 0 Å². The lowest BCUT2D eigenvalue weighted by molar-refractivity contribution is -0.493. The van der Waals surface area contributed by atoms with Crippen LogP contribution in [0.25, 0.3) is 0 Å². The summed E-state index contributed by atoms with van der Waals surface area (Å²) in [4.78, 5) is 10.2. The summed E-state index contributed by atoms with van der Waals surface area (Å²) in [5.74, 6) is -0.816. The zero-order valence-electron chi connectivity index (χ0n) is 15.4. The van der Waals surface area contributed by atoms with Gasteiger partial charge in [-0.25, -0.2) is 0 Å². The molecule has 1 N–H and O–H groups in total. The molecule has 0 saturated carbocycles. The Hall–Kier alpha value is -0.583. The summed E-state index contributed by atoms with van der Waals surface area (Å²) in [6, 6.07) is 0. The molecule has 2 aliphatic heterocycles. The number of aliphatic hydroxyl groups is 1. The van der Waals surface area contributed by atoms with Gasteiger partial charge in [-0.1, -0.05) is 20.8 Å². The van der Waals surface area contributed by atoms with Gasteiger partial charge in [-0.15, -0.1) is 0 Å². The van der Waals surface area contributed by atoms with E-state index in [0.29, 0.717) is 0 Å². The van der Waals surface area contributed by atoms with Crippen molar-refractivity contribution in [2.24, 2.45) is 0 Å². The average molecular weight is 363 g/mol. The van der Waals surface area contributed by atoms with Crippen molar-refractivity contribution in [2.45, 2.75) is 89.2 Å². The molecule has 0 unspecified atom stereocenters. The Morgan fingerprint density at radius 1 is 1.33 bits per heavy atom. The van der Waals surface area contributed by atoms with E-state index in [1.807, 2.05) is 0 Å². The van der Waals surface area contributed by atoms with E-state index in [0.717, 1.165) is 0 Å². The van der Waals surface area contributed by atoms with Crippen LogP contribution in [0.5, 0.6) is 0 Å². The fourth-order valence-corrected chi connectivity index (χ4v) is 4.02. The second-order valence-corrected chi connectivity index (χ2v) is 13.3. The second-order valence-electron chi connectivity index (χ2n) is 8.49. The maximum atomic E-state index is 10.8. The van der Waals surface area contributed by atoms with E-state index in [1.165, 1.54) is 0 Å². The van der Waals surface area contributed by atoms with Gasteiger partial charge in [0.05, 0.1) is 0 Å². The molecule has 140 valence electrons. The maximum absolute atomic E-state index is 10.8. The van der Waals surface area contributed by atoms with Gasteiger partial charge in [0.25, 0.3) is 0 Å². The minimum absolute atomic E-state index is 0.0569. The highest BCUT2D eigenvalue weighted by Crippen LogP contribution is 2.44. The quantitative estimate of drug-likeness (QED) is 0.452. The van der Waals surface area contributed by atoms with Crippen molar-refractivity contribution in [2.75, 3.05) is 6.54 Å². The molecular formula is C15H29NO7Si. The normalized spacial score (nSPS) is 34.2. The smallest absolute Gasteiger partial charge is 0.232 e. The largest absolute Gasteiger partial charge is 0.408 e. The third-order valence-corrected chi connectivity index (χ3v) is 9.45. The fraction of sp³-hybridized carbons (Fsp3) is 1.00. The molecule has 9 heteroatoms. The molecule has 2 heterocycles. The third kappa shape index (κ3) is 3.97. The SMILES string of the molecule is CC1(C)O[C@H]2O[C@H]([C@H](O)C[N+](=O)[O-])[C@H](O[Si](C)(C)C(C)(C)C)[C@H]2O1. The number of hydrogen-bond acceptors (Lipinski definition) is 7. The van der Waals surface area contributed by atoms with Crippen molar-refractivity contribution in [1.82, 2.24) is 0 Å². The topological polar surface area (TPSA) is 100 Å². The highest BCUT2D eigenvalue weighted by molar-refractivity contribution is 6.74. The van der Waals surface area contributed by atoms with Crippen LogP contribution in [-0.4, -0.2) is 61.4 Å². The van der Waals surface area contributed by atoms with Gasteiger partial charge in [-0.3, -0.25) is 10.1 Å². The standard InChI is InChI=1S/C15H29NO7Si/c1-14(2,3)24(6,7)23-11-10(9(17)8-16(18)19)20-13-12(11)21-15(4,5)22-13/h9-13,17H,8H2,1-7H3/t9-,10-,11+,12-,13-/m1/s1. The molecular weight excluding hydrogens is 334 g/mol. The zero-order valence-corrected chi connectivity index (χ0v) is 16.4. The van der Waals surface area contributed by atoms with Crippen LogP contribution < -0.4 is 0 Å². The van der Waals surface area contributed by atoms with Crippen LogP contribution in [0.3, 0.4) is 0 Å². The van der Waals surface area contributed by atoms with E-state index in [9.17, 15) is 15.2 Å². The molecule has 0 aliphatic carbocycles. The molecule has 0 aromatic carbocycles. The number of nitro groups is 1. The lowest BCUT2D eigenvalue weighted by Gasteiger charge is -2.40. The first-order valence-electron chi connectivity index (χ1n) is 8.22. The molecule has 0 bridgehead atoms. The molecule has 0 aromatic rings. The van der Waals surface area contributed by atoms with Crippen LogP contribution in [0.4, 0.5) is 0 Å². The van der Waals surface area contributed by atoms with Gasteiger partial charge in [0.2, 0.25) is 6.54 Å². The number of nitrogens with zero attached hydrogens (tertiary/aromatic N) is 1. The Balaban J connectivity index is 2.24. The molecule has 2 rings (SSSR count). The first-order chi connectivity index (χ1) is 10.7. The predicted molar refractivity (Wildman–Crippen MR) is 88.6 cm³/mol. The molecule has 5 atom stereocenters. The van der Waals surface area contributed by atoms with Crippen molar-refractivity contribution in [3.05, 3.63) is 10.1 Å². The summed E-state index contributed by atoms with van der Waals surface area (Å²) >= 11 is 0. The molecule has 0 radical (unpaired) electrons. The number of fused-ring (bicyclic) bond motifs is 1. The summed E-state index contributed by atoms with van der Waals surface area (Å²) in [7, 11) is -2.20. The van der Waals surface area contributed by atoms with Crippen LogP contribution in [0.15, 0.2) is 0 Å². The second kappa shape index (κ2) is 6.29. The monoisotopic (exact) mass is 363 g/mol. The van der Waals surface area contributed by atoms with Gasteiger partial charge in [0.1, 0.15) is 24.4 Å². The molecule has 8 nitrogen and oxygen atoms in total. The number of hydrogen-bond donors (Lipinski definition) is 1. The highest BCUT2D eigenvalue weighted by atomic mass is 28.4. The van der Waals surface area contributed by atoms with Crippen LogP contribution in [0.2, 0.25) is 18.1 Å². The minimum atomic E-state index is -2.20. The van der Waals surface area contributed by atoms with Crippen molar-refractivity contribution < 1.29 is 28.7 Å². The summed E-state index contributed by atoms with van der Waals surface area (Å²) < 4.78 is 23.8. The third-order valence-electron chi connectivity index (χ3n) is 4.98. The summed E-state index contributed by atoms with van der Waals surface area (Å²) in [5.41, 5.74) is 0. The Bertz CT molecular complexity index is 491. The van der Waals surface area contributed by atoms with Crippen LogP contribution in [0.1, 0.15) is 34.6 Å². The van der Waals surface area contributed by atoms with E-state index < -0.39 is 56.3 Å². The average Bonchev–Trinajstić information content (AvgIpc) is 2.80. The molecule has 2 aliphatic rings. The van der Waals surface area contributed by atoms with E-state index in [-0.39, 0.29) is 5.04 Å². The van der Waals surface area contributed by atoms with E-state index in [2.05, 4.69) is 33.9 Å².